The van der Waals surface area contributed by atoms with Crippen LogP contribution >= 0.6 is 22.9 Å². The second kappa shape index (κ2) is 8.84. The summed E-state index contributed by atoms with van der Waals surface area (Å²) >= 11 is 7.72. The van der Waals surface area contributed by atoms with Gasteiger partial charge < -0.3 is 5.11 Å². The van der Waals surface area contributed by atoms with Crippen LogP contribution in [0.15, 0.2) is 29.6 Å². The Balaban J connectivity index is 1.63. The van der Waals surface area contributed by atoms with Crippen molar-refractivity contribution >= 4 is 39.9 Å². The highest BCUT2D eigenvalue weighted by atomic mass is 35.5. The molecule has 1 saturated carbocycles. The smallest absolute Gasteiger partial charge is 0.304 e. The molecule has 1 aliphatic carbocycles. The fourth-order valence-electron chi connectivity index (χ4n) is 4.57. The van der Waals surface area contributed by atoms with Gasteiger partial charge in [-0.3, -0.25) is 14.5 Å². The van der Waals surface area contributed by atoms with Crippen molar-refractivity contribution in [3.8, 4) is 11.3 Å². The second-order valence-corrected chi connectivity index (χ2v) is 9.28. The third kappa shape index (κ3) is 4.33. The van der Waals surface area contributed by atoms with Crippen LogP contribution < -0.4 is 4.90 Å². The van der Waals surface area contributed by atoms with Gasteiger partial charge in [0.15, 0.2) is 5.13 Å². The lowest BCUT2D eigenvalue weighted by molar-refractivity contribution is -0.142. The summed E-state index contributed by atoms with van der Waals surface area (Å²) in [4.78, 5) is 31.5. The number of carbonyl (C=O) groups is 2. The first-order valence-corrected chi connectivity index (χ1v) is 11.5. The maximum Gasteiger partial charge on any atom is 0.304 e. The Hall–Kier alpha value is -1.92. The van der Waals surface area contributed by atoms with Crippen molar-refractivity contribution in [2.75, 3.05) is 11.4 Å². The average Bonchev–Trinajstić information content (AvgIpc) is 3.12. The molecule has 2 fully saturated rings. The number of hydrogen-bond donors (Lipinski definition) is 1. The number of thiazole rings is 1. The largest absolute Gasteiger partial charge is 0.481 e. The highest BCUT2D eigenvalue weighted by molar-refractivity contribution is 7.14. The molecule has 1 amide bonds. The minimum atomic E-state index is -0.899. The highest BCUT2D eigenvalue weighted by Gasteiger charge is 2.41. The Labute approximate surface area is 179 Å². The number of nitrogens with zero attached hydrogens (tertiary/aromatic N) is 2. The van der Waals surface area contributed by atoms with Crippen LogP contribution in [0.5, 0.6) is 0 Å². The van der Waals surface area contributed by atoms with Gasteiger partial charge in [-0.15, -0.1) is 11.3 Å². The number of aliphatic carboxylic acids is 1. The summed E-state index contributed by atoms with van der Waals surface area (Å²) in [5, 5.41) is 12.6. The third-order valence-corrected chi connectivity index (χ3v) is 7.49. The number of carboxylic acids is 1. The number of benzene rings is 1. The minimum Gasteiger partial charge on any atom is -0.481 e. The number of aromatic nitrogens is 1. The van der Waals surface area contributed by atoms with Crippen LogP contribution in [-0.4, -0.2) is 28.5 Å². The lowest BCUT2D eigenvalue weighted by atomic mass is 9.67. The van der Waals surface area contributed by atoms with Crippen molar-refractivity contribution in [1.82, 2.24) is 4.98 Å². The van der Waals surface area contributed by atoms with E-state index in [1.54, 1.807) is 4.90 Å². The van der Waals surface area contributed by atoms with Gasteiger partial charge in [-0.2, -0.15) is 0 Å². The van der Waals surface area contributed by atoms with Crippen LogP contribution in [0.4, 0.5) is 5.13 Å². The summed E-state index contributed by atoms with van der Waals surface area (Å²) in [6.07, 6.45) is 6.19. The van der Waals surface area contributed by atoms with Crippen molar-refractivity contribution in [2.24, 2.45) is 17.8 Å². The fourth-order valence-corrected chi connectivity index (χ4v) is 5.66. The predicted octanol–water partition coefficient (Wildman–Crippen LogP) is 5.49. The first-order valence-electron chi connectivity index (χ1n) is 10.3. The molecule has 29 heavy (non-hydrogen) atoms. The van der Waals surface area contributed by atoms with E-state index in [2.05, 4.69) is 0 Å². The van der Waals surface area contributed by atoms with Crippen LogP contribution in [0, 0.1) is 17.8 Å². The monoisotopic (exact) mass is 432 g/mol. The van der Waals surface area contributed by atoms with Gasteiger partial charge in [0.05, 0.1) is 18.0 Å². The van der Waals surface area contributed by atoms with Gasteiger partial charge in [0.2, 0.25) is 5.91 Å². The predicted molar refractivity (Wildman–Crippen MR) is 115 cm³/mol. The van der Waals surface area contributed by atoms with Gasteiger partial charge in [0.25, 0.3) is 0 Å². The van der Waals surface area contributed by atoms with E-state index in [9.17, 15) is 14.7 Å². The van der Waals surface area contributed by atoms with E-state index in [4.69, 9.17) is 16.6 Å². The summed E-state index contributed by atoms with van der Waals surface area (Å²) in [5.41, 5.74) is 1.58. The summed E-state index contributed by atoms with van der Waals surface area (Å²) in [6.45, 7) is 0.585. The van der Waals surface area contributed by atoms with E-state index in [-0.39, 0.29) is 18.2 Å². The quantitative estimate of drug-likeness (QED) is 0.678. The molecule has 0 spiro atoms. The van der Waals surface area contributed by atoms with Crippen molar-refractivity contribution in [3.05, 3.63) is 34.7 Å². The van der Waals surface area contributed by atoms with E-state index in [0.29, 0.717) is 22.6 Å². The molecule has 0 radical (unpaired) electrons. The van der Waals surface area contributed by atoms with Gasteiger partial charge in [-0.25, -0.2) is 4.98 Å². The second-order valence-electron chi connectivity index (χ2n) is 8.04. The Morgan fingerprint density at radius 3 is 2.69 bits per heavy atom. The Bertz CT molecular complexity index is 896. The molecular formula is C22H25ClN2O3S. The molecular weight excluding hydrogens is 408 g/mol. The van der Waals surface area contributed by atoms with E-state index in [1.807, 2.05) is 29.6 Å². The third-order valence-electron chi connectivity index (χ3n) is 6.29. The number of amides is 1. The average molecular weight is 433 g/mol. The maximum absolute atomic E-state index is 13.5. The van der Waals surface area contributed by atoms with Gasteiger partial charge in [-0.05, 0) is 30.7 Å². The van der Waals surface area contributed by atoms with Crippen molar-refractivity contribution in [1.29, 1.82) is 0 Å². The first-order chi connectivity index (χ1) is 14.0. The molecule has 5 nitrogen and oxygen atoms in total. The Kier molecular flexibility index (Phi) is 6.20. The SMILES string of the molecule is O=C(O)C[C@@H]1C(=O)N(c2nc(-c3ccccc3Cl)cs2)CCCC[C@@H]1C1CCC1. The number of carbonyl (C=O) groups excluding carboxylic acids is 1. The van der Waals surface area contributed by atoms with Crippen LogP contribution in [0.2, 0.25) is 5.02 Å². The fraction of sp³-hybridized carbons (Fsp3) is 0.500. The summed E-state index contributed by atoms with van der Waals surface area (Å²) in [7, 11) is 0. The van der Waals surface area contributed by atoms with E-state index in [0.717, 1.165) is 43.4 Å². The zero-order valence-corrected chi connectivity index (χ0v) is 17.8. The summed E-state index contributed by atoms with van der Waals surface area (Å²) in [5.74, 6) is -0.796. The first kappa shape index (κ1) is 20.4. The lowest BCUT2D eigenvalue weighted by Gasteiger charge is -2.40. The van der Waals surface area contributed by atoms with E-state index in [1.165, 1.54) is 17.8 Å². The summed E-state index contributed by atoms with van der Waals surface area (Å²) < 4.78 is 0. The molecule has 2 heterocycles. The number of rotatable bonds is 5. The standard InChI is InChI=1S/C22H25ClN2O3S/c23-18-10-2-1-9-16(18)19-13-29-22(24-19)25-11-4-3-8-15(14-6-5-7-14)17(21(25)28)12-20(26)27/h1-2,9-10,13-15,17H,3-8,11-12H2,(H,26,27)/t15-,17+/m1/s1. The Morgan fingerprint density at radius 1 is 1.21 bits per heavy atom. The number of carboxylic acid groups (broad SMARTS) is 1. The Morgan fingerprint density at radius 2 is 2.00 bits per heavy atom. The van der Waals surface area contributed by atoms with Gasteiger partial charge in [0.1, 0.15) is 0 Å². The van der Waals surface area contributed by atoms with Crippen molar-refractivity contribution in [2.45, 2.75) is 44.9 Å². The number of halogens is 1. The lowest BCUT2D eigenvalue weighted by Crippen LogP contribution is -2.45. The van der Waals surface area contributed by atoms with Gasteiger partial charge in [0, 0.05) is 22.5 Å². The van der Waals surface area contributed by atoms with Gasteiger partial charge >= 0.3 is 5.97 Å². The zero-order valence-electron chi connectivity index (χ0n) is 16.2. The highest BCUT2D eigenvalue weighted by Crippen LogP contribution is 2.43. The van der Waals surface area contributed by atoms with E-state index < -0.39 is 11.9 Å². The van der Waals surface area contributed by atoms with Crippen LogP contribution in [0.1, 0.15) is 44.9 Å². The molecule has 1 N–H and O–H groups in total. The number of anilines is 1. The van der Waals surface area contributed by atoms with Crippen LogP contribution in [0.3, 0.4) is 0 Å². The van der Waals surface area contributed by atoms with Gasteiger partial charge in [-0.1, -0.05) is 55.5 Å². The van der Waals surface area contributed by atoms with Crippen molar-refractivity contribution < 1.29 is 14.7 Å². The number of hydrogen-bond acceptors (Lipinski definition) is 4. The molecule has 1 aromatic heterocycles. The molecule has 1 saturated heterocycles. The molecule has 4 rings (SSSR count). The molecule has 2 aliphatic rings. The molecule has 1 aromatic carbocycles. The van der Waals surface area contributed by atoms with Crippen LogP contribution in [-0.2, 0) is 9.59 Å². The zero-order chi connectivity index (χ0) is 20.4. The molecule has 154 valence electrons. The van der Waals surface area contributed by atoms with Crippen LogP contribution in [0.25, 0.3) is 11.3 Å². The molecule has 0 bridgehead atoms. The normalized spacial score (nSPS) is 23.3. The molecule has 7 heteroatoms. The minimum absolute atomic E-state index is 0.0796. The van der Waals surface area contributed by atoms with Crippen molar-refractivity contribution in [3.63, 3.8) is 0 Å². The molecule has 0 unspecified atom stereocenters. The molecule has 2 aromatic rings. The molecule has 1 aliphatic heterocycles. The molecule has 2 atom stereocenters. The maximum atomic E-state index is 13.5. The summed E-state index contributed by atoms with van der Waals surface area (Å²) in [6, 6.07) is 7.52. The topological polar surface area (TPSA) is 70.5 Å². The van der Waals surface area contributed by atoms with E-state index >= 15 is 0 Å².